The number of nitrogens with zero attached hydrogens (tertiary/aromatic N) is 3. The number of ketones is 1. The monoisotopic (exact) mass is 461 g/mol. The number of rotatable bonds is 1. The van der Waals surface area contributed by atoms with Gasteiger partial charge in [0.1, 0.15) is 11.1 Å². The second-order valence-corrected chi connectivity index (χ2v) is 10.3. The predicted molar refractivity (Wildman–Crippen MR) is 139 cm³/mol. The van der Waals surface area contributed by atoms with E-state index in [0.717, 1.165) is 44.7 Å². The molecule has 35 heavy (non-hydrogen) atoms. The van der Waals surface area contributed by atoms with Crippen LogP contribution in [0.25, 0.3) is 12.2 Å². The quantitative estimate of drug-likeness (QED) is 0.685. The number of carbonyl (C=O) groups excluding carboxylic acids is 1. The third-order valence-electron chi connectivity index (χ3n) is 7.29. The van der Waals surface area contributed by atoms with Gasteiger partial charge in [-0.15, -0.1) is 0 Å². The Kier molecular flexibility index (Phi) is 4.43. The van der Waals surface area contributed by atoms with E-state index < -0.39 is 16.5 Å². The Morgan fingerprint density at radius 1 is 0.914 bits per heavy atom. The normalized spacial score (nSPS) is 28.2. The third-order valence-corrected chi connectivity index (χ3v) is 7.29. The molecule has 0 saturated carbocycles. The van der Waals surface area contributed by atoms with Gasteiger partial charge in [0.25, 0.3) is 0 Å². The summed E-state index contributed by atoms with van der Waals surface area (Å²) < 4.78 is 0. The van der Waals surface area contributed by atoms with Crippen LogP contribution in [-0.2, 0) is 10.3 Å². The molecule has 4 aliphatic heterocycles. The van der Waals surface area contributed by atoms with Crippen molar-refractivity contribution in [3.63, 3.8) is 0 Å². The summed E-state index contributed by atoms with van der Waals surface area (Å²) in [6, 6.07) is 8.04. The molecule has 6 rings (SSSR count). The van der Waals surface area contributed by atoms with E-state index in [4.69, 9.17) is 9.98 Å². The summed E-state index contributed by atoms with van der Waals surface area (Å²) >= 11 is 0. The van der Waals surface area contributed by atoms with Gasteiger partial charge >= 0.3 is 0 Å². The Bertz CT molecular complexity index is 1580. The van der Waals surface area contributed by atoms with E-state index in [9.17, 15) is 4.79 Å². The maximum Gasteiger partial charge on any atom is 0.173 e. The molecule has 2 aromatic heterocycles. The molecule has 0 aliphatic carbocycles. The molecule has 6 heterocycles. The number of Topliss-reactive ketones (excluding diaryl/α,β-unsaturated/α-hetero) is 1. The topological polar surface area (TPSA) is 82.5 Å². The first kappa shape index (κ1) is 21.5. The van der Waals surface area contributed by atoms with E-state index >= 15 is 0 Å². The largest absolute Gasteiger partial charge is 0.373 e. The fourth-order valence-electron chi connectivity index (χ4n) is 5.40. The Hall–Kier alpha value is -4.06. The molecule has 0 radical (unpaired) electrons. The summed E-state index contributed by atoms with van der Waals surface area (Å²) in [6.45, 7) is 7.95. The number of nitrogens with one attached hydrogen (secondary N) is 2. The number of pyridine rings is 1. The van der Waals surface area contributed by atoms with Gasteiger partial charge in [-0.1, -0.05) is 6.07 Å². The zero-order valence-corrected chi connectivity index (χ0v) is 20.3. The van der Waals surface area contributed by atoms with Gasteiger partial charge in [-0.2, -0.15) is 0 Å². The Labute approximate surface area is 204 Å². The average Bonchev–Trinajstić information content (AvgIpc) is 3.56. The summed E-state index contributed by atoms with van der Waals surface area (Å²) in [6.07, 6.45) is 17.7. The summed E-state index contributed by atoms with van der Waals surface area (Å²) in [7, 11) is 0. The highest BCUT2D eigenvalue weighted by Crippen LogP contribution is 2.46. The lowest BCUT2D eigenvalue weighted by Crippen LogP contribution is -2.41. The SMILES string of the molecule is CC1=CC2=NC1(c1cccnc1)C=C1NC(C)(C=C3C=CC(=N3)C=c3ccc([nH]3)=C2)C(=O)C1(C)C. The number of carbonyl (C=O) groups is 1. The van der Waals surface area contributed by atoms with Crippen LogP contribution in [0.2, 0.25) is 0 Å². The number of aromatic nitrogens is 2. The molecule has 1 fully saturated rings. The highest BCUT2D eigenvalue weighted by molar-refractivity contribution is 6.20. The molecular formula is C29H27N5O. The van der Waals surface area contributed by atoms with Gasteiger partial charge in [-0.3, -0.25) is 14.8 Å². The van der Waals surface area contributed by atoms with Gasteiger partial charge in [0.2, 0.25) is 0 Å². The van der Waals surface area contributed by atoms with Crippen molar-refractivity contribution in [3.05, 3.63) is 100 Å². The average molecular weight is 462 g/mol. The third kappa shape index (κ3) is 3.32. The first-order valence-corrected chi connectivity index (χ1v) is 11.8. The van der Waals surface area contributed by atoms with Crippen LogP contribution in [0.1, 0.15) is 33.3 Å². The van der Waals surface area contributed by atoms with E-state index in [0.29, 0.717) is 0 Å². The molecule has 2 N–H and O–H groups in total. The van der Waals surface area contributed by atoms with E-state index in [1.165, 1.54) is 0 Å². The van der Waals surface area contributed by atoms with Gasteiger partial charge in [0, 0.05) is 34.4 Å². The standard InChI is InChI=1S/C29H27N5O/c1-18-12-24-14-22-8-7-20(31-22)13-21-9-10-23(32-21)15-28(4)26(35)27(2,3)25(34-28)16-29(18,33-24)19-6-5-11-30-17-19/h5-17,31,34H,1-4H3. The minimum absolute atomic E-state index is 0.0967. The van der Waals surface area contributed by atoms with Gasteiger partial charge < -0.3 is 10.3 Å². The first-order valence-electron chi connectivity index (χ1n) is 11.8. The zero-order valence-electron chi connectivity index (χ0n) is 20.3. The lowest BCUT2D eigenvalue weighted by atomic mass is 9.78. The number of aliphatic imine (C=N–C) groups is 2. The number of hydrogen-bond donors (Lipinski definition) is 2. The van der Waals surface area contributed by atoms with Gasteiger partial charge in [0.05, 0.1) is 22.5 Å². The van der Waals surface area contributed by atoms with E-state index in [1.54, 1.807) is 6.20 Å². The van der Waals surface area contributed by atoms with Gasteiger partial charge in [0.15, 0.2) is 5.78 Å². The fourth-order valence-corrected chi connectivity index (χ4v) is 5.40. The summed E-state index contributed by atoms with van der Waals surface area (Å²) in [5, 5.41) is 5.47. The number of H-pyrrole nitrogens is 1. The van der Waals surface area contributed by atoms with Crippen molar-refractivity contribution in [2.75, 3.05) is 0 Å². The highest BCUT2D eigenvalue weighted by Gasteiger charge is 2.52. The van der Waals surface area contributed by atoms with Gasteiger partial charge in [-0.05, 0) is 94.0 Å². The molecule has 6 heteroatoms. The van der Waals surface area contributed by atoms with E-state index in [1.807, 2.05) is 81.6 Å². The number of aromatic amines is 1. The molecule has 1 saturated heterocycles. The molecular weight excluding hydrogens is 434 g/mol. The van der Waals surface area contributed by atoms with Crippen molar-refractivity contribution in [3.8, 4) is 0 Å². The molecule has 2 unspecified atom stereocenters. The molecule has 2 aromatic rings. The first-order chi connectivity index (χ1) is 16.7. The zero-order chi connectivity index (χ0) is 24.4. The Morgan fingerprint density at radius 3 is 2.43 bits per heavy atom. The minimum atomic E-state index is -0.893. The van der Waals surface area contributed by atoms with Crippen LogP contribution in [-0.4, -0.2) is 32.7 Å². The summed E-state index contributed by atoms with van der Waals surface area (Å²) in [5.74, 6) is 0.0967. The van der Waals surface area contributed by atoms with Crippen LogP contribution in [0.5, 0.6) is 0 Å². The molecule has 4 aliphatic rings. The molecule has 0 amide bonds. The number of hydrogen-bond acceptors (Lipinski definition) is 5. The van der Waals surface area contributed by atoms with Crippen molar-refractivity contribution < 1.29 is 4.79 Å². The van der Waals surface area contributed by atoms with Crippen molar-refractivity contribution in [1.82, 2.24) is 15.3 Å². The minimum Gasteiger partial charge on any atom is -0.373 e. The van der Waals surface area contributed by atoms with Gasteiger partial charge in [-0.25, -0.2) is 4.99 Å². The van der Waals surface area contributed by atoms with Crippen LogP contribution >= 0.6 is 0 Å². The molecule has 174 valence electrons. The molecule has 8 bridgehead atoms. The second kappa shape index (κ2) is 7.22. The second-order valence-electron chi connectivity index (χ2n) is 10.3. The predicted octanol–water partition coefficient (Wildman–Crippen LogP) is 3.02. The highest BCUT2D eigenvalue weighted by atomic mass is 16.1. The Morgan fingerprint density at radius 2 is 1.69 bits per heavy atom. The van der Waals surface area contributed by atoms with Crippen LogP contribution in [0, 0.1) is 5.41 Å². The molecule has 2 atom stereocenters. The van der Waals surface area contributed by atoms with Crippen molar-refractivity contribution in [2.45, 2.75) is 38.8 Å². The van der Waals surface area contributed by atoms with E-state index in [-0.39, 0.29) is 5.78 Å². The fraction of sp³-hybridized carbons (Fsp3) is 0.241. The van der Waals surface area contributed by atoms with Crippen LogP contribution < -0.4 is 16.0 Å². The molecule has 0 aromatic carbocycles. The number of allylic oxidation sites excluding steroid dienone is 4. The molecule has 6 nitrogen and oxygen atoms in total. The van der Waals surface area contributed by atoms with Crippen LogP contribution in [0.4, 0.5) is 0 Å². The van der Waals surface area contributed by atoms with Crippen molar-refractivity contribution in [2.24, 2.45) is 15.4 Å². The van der Waals surface area contributed by atoms with Crippen LogP contribution in [0.15, 0.2) is 94.0 Å². The van der Waals surface area contributed by atoms with E-state index in [2.05, 4.69) is 34.4 Å². The summed E-state index contributed by atoms with van der Waals surface area (Å²) in [5.41, 5.74) is 2.93. The Balaban J connectivity index is 1.66. The van der Waals surface area contributed by atoms with Crippen molar-refractivity contribution in [1.29, 1.82) is 0 Å². The lowest BCUT2D eigenvalue weighted by Gasteiger charge is -2.28. The maximum atomic E-state index is 13.8. The molecule has 0 spiro atoms. The summed E-state index contributed by atoms with van der Waals surface area (Å²) in [4.78, 5) is 31.5. The smallest absolute Gasteiger partial charge is 0.173 e. The lowest BCUT2D eigenvalue weighted by molar-refractivity contribution is -0.126. The van der Waals surface area contributed by atoms with Crippen LogP contribution in [0.3, 0.4) is 0 Å². The number of fused-ring (bicyclic) bond motifs is 6. The van der Waals surface area contributed by atoms with Crippen molar-refractivity contribution >= 4 is 29.4 Å². The maximum absolute atomic E-state index is 13.8.